The van der Waals surface area contributed by atoms with Gasteiger partial charge in [0.25, 0.3) is 0 Å². The first-order valence-electron chi connectivity index (χ1n) is 12.0. The Morgan fingerprint density at radius 3 is 2.59 bits per heavy atom. The van der Waals surface area contributed by atoms with Crippen LogP contribution in [0.5, 0.6) is 0 Å². The summed E-state index contributed by atoms with van der Waals surface area (Å²) in [5.74, 6) is -1.41. The first-order chi connectivity index (χ1) is 14.9. The Kier molecular flexibility index (Phi) is 5.55. The summed E-state index contributed by atoms with van der Waals surface area (Å²) in [6.07, 6.45) is 2.78. The number of hydrogen-bond acceptors (Lipinski definition) is 6. The van der Waals surface area contributed by atoms with E-state index in [0.717, 1.165) is 11.1 Å². The smallest absolute Gasteiger partial charge is 0.306 e. The van der Waals surface area contributed by atoms with Crippen molar-refractivity contribution in [3.05, 3.63) is 23.8 Å². The van der Waals surface area contributed by atoms with Gasteiger partial charge in [-0.05, 0) is 39.5 Å². The average Bonchev–Trinajstić information content (AvgIpc) is 2.73. The summed E-state index contributed by atoms with van der Waals surface area (Å²) < 4.78 is 11.8. The number of allylic oxidation sites excluding steroid dienone is 2. The summed E-state index contributed by atoms with van der Waals surface area (Å²) in [6.45, 7) is 13.7. The molecule has 0 radical (unpaired) electrons. The van der Waals surface area contributed by atoms with E-state index >= 15 is 0 Å². The Labute approximate surface area is 191 Å². The van der Waals surface area contributed by atoms with Crippen LogP contribution in [0.1, 0.15) is 73.1 Å². The minimum absolute atomic E-state index is 0.0430. The number of aliphatic hydroxyl groups is 2. The van der Waals surface area contributed by atoms with Gasteiger partial charge in [0.2, 0.25) is 0 Å². The molecular weight excluding hydrogens is 408 g/mol. The van der Waals surface area contributed by atoms with Crippen LogP contribution in [-0.2, 0) is 19.1 Å². The highest BCUT2D eigenvalue weighted by Gasteiger charge is 2.73. The van der Waals surface area contributed by atoms with E-state index in [1.807, 2.05) is 20.8 Å². The Hall–Kier alpha value is -1.50. The molecule has 6 nitrogen and oxygen atoms in total. The summed E-state index contributed by atoms with van der Waals surface area (Å²) >= 11 is 0. The highest BCUT2D eigenvalue weighted by atomic mass is 16.6. The van der Waals surface area contributed by atoms with Crippen molar-refractivity contribution in [3.8, 4) is 0 Å². The normalized spacial score (nSPS) is 45.0. The van der Waals surface area contributed by atoms with Crippen molar-refractivity contribution in [2.75, 3.05) is 6.61 Å². The Morgan fingerprint density at radius 2 is 2.03 bits per heavy atom. The molecule has 0 aromatic carbocycles. The molecule has 4 aliphatic rings. The van der Waals surface area contributed by atoms with E-state index < -0.39 is 46.1 Å². The molecule has 1 aliphatic heterocycles. The molecule has 1 saturated heterocycles. The van der Waals surface area contributed by atoms with E-state index in [9.17, 15) is 19.8 Å². The van der Waals surface area contributed by atoms with Crippen LogP contribution in [0.4, 0.5) is 0 Å². The molecule has 2 saturated carbocycles. The first kappa shape index (κ1) is 23.7. The second-order valence-corrected chi connectivity index (χ2v) is 11.2. The third-order valence-corrected chi connectivity index (χ3v) is 9.44. The molecule has 0 aromatic heterocycles. The summed E-state index contributed by atoms with van der Waals surface area (Å²) in [5.41, 5.74) is -1.79. The molecule has 3 aliphatic carbocycles. The zero-order valence-electron chi connectivity index (χ0n) is 20.1. The molecular formula is C26H38O6. The van der Waals surface area contributed by atoms with E-state index in [0.29, 0.717) is 19.3 Å². The van der Waals surface area contributed by atoms with Crippen LogP contribution in [-0.4, -0.2) is 52.0 Å². The maximum absolute atomic E-state index is 14.4. The van der Waals surface area contributed by atoms with Crippen LogP contribution in [0.15, 0.2) is 23.8 Å². The molecule has 0 aromatic rings. The lowest BCUT2D eigenvalue weighted by atomic mass is 9.44. The fourth-order valence-corrected chi connectivity index (χ4v) is 7.27. The Morgan fingerprint density at radius 1 is 1.34 bits per heavy atom. The van der Waals surface area contributed by atoms with Gasteiger partial charge in [0.05, 0.1) is 23.7 Å². The fraction of sp³-hybridized carbons (Fsp3) is 0.769. The van der Waals surface area contributed by atoms with Gasteiger partial charge in [-0.15, -0.1) is 6.58 Å². The maximum atomic E-state index is 14.4. The molecule has 1 unspecified atom stereocenters. The van der Waals surface area contributed by atoms with Crippen LogP contribution in [0.25, 0.3) is 0 Å². The highest BCUT2D eigenvalue weighted by molar-refractivity contribution is 5.91. The molecule has 2 N–H and O–H groups in total. The lowest BCUT2D eigenvalue weighted by Gasteiger charge is -2.66. The van der Waals surface area contributed by atoms with E-state index in [1.54, 1.807) is 13.0 Å². The molecule has 1 heterocycles. The number of carbonyl (C=O) groups excluding carboxylic acids is 2. The number of rotatable bonds is 4. The van der Waals surface area contributed by atoms with Gasteiger partial charge in [-0.3, -0.25) is 9.59 Å². The van der Waals surface area contributed by atoms with Gasteiger partial charge in [-0.25, -0.2) is 0 Å². The van der Waals surface area contributed by atoms with Crippen molar-refractivity contribution in [1.29, 1.82) is 0 Å². The van der Waals surface area contributed by atoms with Gasteiger partial charge in [0.15, 0.2) is 5.60 Å². The van der Waals surface area contributed by atoms with Crippen molar-refractivity contribution in [3.63, 3.8) is 0 Å². The van der Waals surface area contributed by atoms with Crippen LogP contribution in [0.2, 0.25) is 0 Å². The van der Waals surface area contributed by atoms with Crippen molar-refractivity contribution < 1.29 is 29.3 Å². The molecule has 178 valence electrons. The average molecular weight is 447 g/mol. The number of fused-ring (bicyclic) bond motifs is 5. The number of esters is 1. The summed E-state index contributed by atoms with van der Waals surface area (Å²) in [6, 6.07) is 0. The van der Waals surface area contributed by atoms with E-state index in [1.165, 1.54) is 0 Å². The second-order valence-electron chi connectivity index (χ2n) is 11.2. The van der Waals surface area contributed by atoms with Gasteiger partial charge >= 0.3 is 5.97 Å². The number of aliphatic hydroxyl groups excluding tert-OH is 1. The zero-order chi connectivity index (χ0) is 23.7. The molecule has 2 bridgehead atoms. The minimum atomic E-state index is -1.17. The SMILES string of the molecule is C=CC[C@H]1C(=O)[C@@]2(C)C(C[C@]3(O)CCC(C)=C1C3(C)C)[C@]1(OC(=O)CC)CO[C@@H]1C[C@@H]2O. The van der Waals surface area contributed by atoms with Crippen LogP contribution >= 0.6 is 0 Å². The summed E-state index contributed by atoms with van der Waals surface area (Å²) in [4.78, 5) is 26.8. The number of ether oxygens (including phenoxy) is 2. The standard InChI is InChI=1S/C26H38O6/c1-7-9-16-21-15(3)10-11-25(30,23(21,4)5)13-17-24(6,22(16)29)18(27)12-19-26(17,14-31-19)32-20(28)8-2/h7,16-19,27,30H,1,8-14H2,2-6H3/t16-,17?,18+,19-,24+,25-,26-/m1/s1. The number of hydrogen-bond donors (Lipinski definition) is 2. The van der Waals surface area contributed by atoms with E-state index in [2.05, 4.69) is 13.5 Å². The van der Waals surface area contributed by atoms with Crippen molar-refractivity contribution in [2.45, 2.75) is 96.6 Å². The zero-order valence-corrected chi connectivity index (χ0v) is 20.1. The van der Waals surface area contributed by atoms with Crippen LogP contribution in [0.3, 0.4) is 0 Å². The fourth-order valence-electron chi connectivity index (χ4n) is 7.27. The lowest BCUT2D eigenvalue weighted by Crippen LogP contribution is -2.77. The van der Waals surface area contributed by atoms with Crippen LogP contribution in [0, 0.1) is 22.7 Å². The van der Waals surface area contributed by atoms with Gasteiger partial charge in [-0.1, -0.05) is 38.0 Å². The third-order valence-electron chi connectivity index (χ3n) is 9.44. The third kappa shape index (κ3) is 2.88. The number of ketones is 1. The first-order valence-corrected chi connectivity index (χ1v) is 12.0. The molecule has 4 rings (SSSR count). The molecule has 0 amide bonds. The van der Waals surface area contributed by atoms with E-state index in [-0.39, 0.29) is 37.6 Å². The molecule has 6 heteroatoms. The van der Waals surface area contributed by atoms with Crippen LogP contribution < -0.4 is 0 Å². The highest BCUT2D eigenvalue weighted by Crippen LogP contribution is 2.64. The van der Waals surface area contributed by atoms with E-state index in [4.69, 9.17) is 9.47 Å². The second kappa shape index (κ2) is 7.51. The van der Waals surface area contributed by atoms with Gasteiger partial charge in [0.1, 0.15) is 11.9 Å². The maximum Gasteiger partial charge on any atom is 0.306 e. The van der Waals surface area contributed by atoms with Crippen molar-refractivity contribution in [1.82, 2.24) is 0 Å². The largest absolute Gasteiger partial charge is 0.453 e. The topological polar surface area (TPSA) is 93.1 Å². The van der Waals surface area contributed by atoms with Gasteiger partial charge in [-0.2, -0.15) is 0 Å². The van der Waals surface area contributed by atoms with Crippen molar-refractivity contribution in [2.24, 2.45) is 22.7 Å². The molecule has 3 fully saturated rings. The predicted molar refractivity (Wildman–Crippen MR) is 120 cm³/mol. The number of Topliss-reactive ketones (excluding diaryl/α,β-unsaturated/α-hetero) is 1. The summed E-state index contributed by atoms with van der Waals surface area (Å²) in [7, 11) is 0. The minimum Gasteiger partial charge on any atom is -0.453 e. The van der Waals surface area contributed by atoms with Gasteiger partial charge in [0, 0.05) is 30.1 Å². The van der Waals surface area contributed by atoms with Crippen molar-refractivity contribution >= 4 is 11.8 Å². The Balaban J connectivity index is 1.95. The van der Waals surface area contributed by atoms with Gasteiger partial charge < -0.3 is 19.7 Å². The lowest BCUT2D eigenvalue weighted by molar-refractivity contribution is -0.327. The molecule has 7 atom stereocenters. The molecule has 0 spiro atoms. The monoisotopic (exact) mass is 446 g/mol. The quantitative estimate of drug-likeness (QED) is 0.507. The molecule has 32 heavy (non-hydrogen) atoms. The summed E-state index contributed by atoms with van der Waals surface area (Å²) in [5, 5.41) is 23.5. The predicted octanol–water partition coefficient (Wildman–Crippen LogP) is 3.50. The number of carbonyl (C=O) groups is 2. The Bertz CT molecular complexity index is 874.